The van der Waals surface area contributed by atoms with Gasteiger partial charge in [0.2, 0.25) is 0 Å². The minimum atomic E-state index is -0.116. The summed E-state index contributed by atoms with van der Waals surface area (Å²) < 4.78 is 8.38. The molecule has 1 aromatic heterocycles. The van der Waals surface area contributed by atoms with Crippen LogP contribution in [0.3, 0.4) is 0 Å². The van der Waals surface area contributed by atoms with Gasteiger partial charge in [0.15, 0.2) is 0 Å². The Balaban J connectivity index is 1.31. The molecule has 2 saturated heterocycles. The van der Waals surface area contributed by atoms with Gasteiger partial charge in [-0.3, -0.25) is 9.69 Å². The van der Waals surface area contributed by atoms with E-state index in [1.807, 2.05) is 44.3 Å². The SMILES string of the molecule is CC(C)Oc1cccc2c(C(=O)NCc3ccc(Cl)c(Cl)c3)cn(CCCN3CCN4CCCCC4C3)c12. The zero-order chi connectivity index (χ0) is 26.6. The van der Waals surface area contributed by atoms with Gasteiger partial charge in [-0.25, -0.2) is 0 Å². The first-order chi connectivity index (χ1) is 18.4. The monoisotopic (exact) mass is 556 g/mol. The fraction of sp³-hybridized carbons (Fsp3) is 0.500. The highest BCUT2D eigenvalue weighted by molar-refractivity contribution is 6.42. The van der Waals surface area contributed by atoms with Crippen molar-refractivity contribution in [2.45, 2.75) is 64.8 Å². The first kappa shape index (κ1) is 27.3. The number of hydrogen-bond donors (Lipinski definition) is 1. The summed E-state index contributed by atoms with van der Waals surface area (Å²) in [5.74, 6) is 0.701. The van der Waals surface area contributed by atoms with Crippen molar-refractivity contribution in [1.29, 1.82) is 0 Å². The van der Waals surface area contributed by atoms with Crippen LogP contribution in [-0.2, 0) is 13.1 Å². The number of piperazine rings is 1. The van der Waals surface area contributed by atoms with Gasteiger partial charge in [0, 0.05) is 50.3 Å². The van der Waals surface area contributed by atoms with Gasteiger partial charge in [-0.05, 0) is 70.0 Å². The van der Waals surface area contributed by atoms with Crippen molar-refractivity contribution in [3.05, 3.63) is 63.8 Å². The lowest BCUT2D eigenvalue weighted by atomic mass is 9.99. The maximum atomic E-state index is 13.3. The number of nitrogens with one attached hydrogen (secondary N) is 1. The molecular formula is C30H38Cl2N4O2. The number of aromatic nitrogens is 1. The lowest BCUT2D eigenvalue weighted by Crippen LogP contribution is -2.54. The third kappa shape index (κ3) is 6.31. The second-order valence-corrected chi connectivity index (χ2v) is 11.6. The molecule has 1 amide bonds. The lowest BCUT2D eigenvalue weighted by molar-refractivity contribution is 0.0484. The number of aryl methyl sites for hydroxylation is 1. The van der Waals surface area contributed by atoms with Crippen LogP contribution >= 0.6 is 23.2 Å². The van der Waals surface area contributed by atoms with Gasteiger partial charge in [-0.2, -0.15) is 0 Å². The lowest BCUT2D eigenvalue weighted by Gasteiger charge is -2.44. The smallest absolute Gasteiger partial charge is 0.253 e. The van der Waals surface area contributed by atoms with Crippen molar-refractivity contribution in [1.82, 2.24) is 19.7 Å². The van der Waals surface area contributed by atoms with Crippen LogP contribution in [0.4, 0.5) is 0 Å². The summed E-state index contributed by atoms with van der Waals surface area (Å²) in [6.45, 7) is 11.1. The average molecular weight is 558 g/mol. The van der Waals surface area contributed by atoms with Crippen LogP contribution in [0.1, 0.15) is 55.5 Å². The minimum absolute atomic E-state index is 0.0441. The fourth-order valence-electron chi connectivity index (χ4n) is 5.85. The molecule has 204 valence electrons. The predicted molar refractivity (Wildman–Crippen MR) is 156 cm³/mol. The van der Waals surface area contributed by atoms with Crippen molar-refractivity contribution < 1.29 is 9.53 Å². The molecule has 3 aromatic rings. The van der Waals surface area contributed by atoms with E-state index in [2.05, 4.69) is 19.7 Å². The zero-order valence-electron chi connectivity index (χ0n) is 22.4. The molecule has 0 spiro atoms. The molecule has 0 aliphatic carbocycles. The van der Waals surface area contributed by atoms with Gasteiger partial charge in [0.25, 0.3) is 5.91 Å². The van der Waals surface area contributed by atoms with Crippen LogP contribution in [0, 0.1) is 0 Å². The minimum Gasteiger partial charge on any atom is -0.489 e. The van der Waals surface area contributed by atoms with Crippen molar-refractivity contribution in [2.24, 2.45) is 0 Å². The molecule has 2 aliphatic rings. The third-order valence-electron chi connectivity index (χ3n) is 7.70. The summed E-state index contributed by atoms with van der Waals surface area (Å²) in [6, 6.07) is 12.1. The molecule has 8 heteroatoms. The van der Waals surface area contributed by atoms with Crippen LogP contribution in [0.5, 0.6) is 5.75 Å². The number of halogens is 2. The Morgan fingerprint density at radius 2 is 1.95 bits per heavy atom. The van der Waals surface area contributed by atoms with Crippen LogP contribution in [0.2, 0.25) is 10.0 Å². The Hall–Kier alpha value is -2.25. The third-order valence-corrected chi connectivity index (χ3v) is 8.44. The van der Waals surface area contributed by atoms with Gasteiger partial charge >= 0.3 is 0 Å². The summed E-state index contributed by atoms with van der Waals surface area (Å²) >= 11 is 12.2. The fourth-order valence-corrected chi connectivity index (χ4v) is 6.17. The molecule has 5 rings (SSSR count). The van der Waals surface area contributed by atoms with Gasteiger partial charge < -0.3 is 19.5 Å². The quantitative estimate of drug-likeness (QED) is 0.339. The molecule has 1 N–H and O–H groups in total. The van der Waals surface area contributed by atoms with Gasteiger partial charge in [0.05, 0.1) is 27.2 Å². The average Bonchev–Trinajstić information content (AvgIpc) is 3.28. The molecule has 2 aromatic carbocycles. The van der Waals surface area contributed by atoms with Crippen LogP contribution in [0.25, 0.3) is 10.9 Å². The normalized spacial score (nSPS) is 18.6. The van der Waals surface area contributed by atoms with Gasteiger partial charge in [0.1, 0.15) is 5.75 Å². The highest BCUT2D eigenvalue weighted by Crippen LogP contribution is 2.31. The van der Waals surface area contributed by atoms with Gasteiger partial charge in [-0.1, -0.05) is 47.8 Å². The maximum Gasteiger partial charge on any atom is 0.253 e. The summed E-state index contributed by atoms with van der Waals surface area (Å²) in [5.41, 5.74) is 2.54. The Morgan fingerprint density at radius 1 is 1.08 bits per heavy atom. The molecule has 2 aliphatic heterocycles. The van der Waals surface area contributed by atoms with Crippen LogP contribution in [-0.4, -0.2) is 65.1 Å². The van der Waals surface area contributed by atoms with Crippen LogP contribution in [0.15, 0.2) is 42.6 Å². The van der Waals surface area contributed by atoms with E-state index in [4.69, 9.17) is 27.9 Å². The van der Waals surface area contributed by atoms with E-state index in [-0.39, 0.29) is 12.0 Å². The Bertz CT molecular complexity index is 1270. The molecule has 0 saturated carbocycles. The van der Waals surface area contributed by atoms with E-state index < -0.39 is 0 Å². The second kappa shape index (κ2) is 12.3. The van der Waals surface area contributed by atoms with Crippen molar-refractivity contribution in [3.8, 4) is 5.75 Å². The molecule has 6 nitrogen and oxygen atoms in total. The van der Waals surface area contributed by atoms with E-state index in [1.54, 1.807) is 12.1 Å². The number of carbonyl (C=O) groups excluding carboxylic acids is 1. The second-order valence-electron chi connectivity index (χ2n) is 10.8. The molecule has 38 heavy (non-hydrogen) atoms. The number of para-hydroxylation sites is 1. The van der Waals surface area contributed by atoms with Gasteiger partial charge in [-0.15, -0.1) is 0 Å². The summed E-state index contributed by atoms with van der Waals surface area (Å²) in [4.78, 5) is 18.6. The first-order valence-electron chi connectivity index (χ1n) is 13.9. The summed E-state index contributed by atoms with van der Waals surface area (Å²) in [6.07, 6.45) is 7.09. The molecule has 1 unspecified atom stereocenters. The number of rotatable bonds is 9. The molecule has 0 radical (unpaired) electrons. The Morgan fingerprint density at radius 3 is 2.76 bits per heavy atom. The topological polar surface area (TPSA) is 49.7 Å². The Kier molecular flexibility index (Phi) is 8.84. The highest BCUT2D eigenvalue weighted by Gasteiger charge is 2.28. The molecule has 2 fully saturated rings. The largest absolute Gasteiger partial charge is 0.489 e. The van der Waals surface area contributed by atoms with Crippen molar-refractivity contribution in [3.63, 3.8) is 0 Å². The number of carbonyl (C=O) groups is 1. The number of ether oxygens (including phenoxy) is 1. The van der Waals surface area contributed by atoms with Crippen molar-refractivity contribution >= 4 is 40.0 Å². The number of benzene rings is 2. The molecular weight excluding hydrogens is 519 g/mol. The number of hydrogen-bond acceptors (Lipinski definition) is 4. The van der Waals surface area contributed by atoms with E-state index in [1.165, 1.54) is 38.9 Å². The Labute approximate surface area is 235 Å². The highest BCUT2D eigenvalue weighted by atomic mass is 35.5. The maximum absolute atomic E-state index is 13.3. The molecule has 0 bridgehead atoms. The summed E-state index contributed by atoms with van der Waals surface area (Å²) in [7, 11) is 0. The van der Waals surface area contributed by atoms with Crippen LogP contribution < -0.4 is 10.1 Å². The predicted octanol–water partition coefficient (Wildman–Crippen LogP) is 6.23. The summed E-state index contributed by atoms with van der Waals surface area (Å²) in [5, 5.41) is 4.95. The number of fused-ring (bicyclic) bond motifs is 2. The number of amides is 1. The molecule has 3 heterocycles. The van der Waals surface area contributed by atoms with Crippen molar-refractivity contribution in [2.75, 3.05) is 32.7 Å². The van der Waals surface area contributed by atoms with E-state index in [0.717, 1.165) is 54.3 Å². The number of piperidine rings is 1. The van der Waals surface area contributed by atoms with E-state index in [0.29, 0.717) is 22.2 Å². The molecule has 1 atom stereocenters. The zero-order valence-corrected chi connectivity index (χ0v) is 23.9. The first-order valence-corrected chi connectivity index (χ1v) is 14.6. The standard InChI is InChI=1S/C30H38Cl2N4O2/c1-21(2)38-28-9-5-8-24-25(30(37)33-18-22-10-11-26(31)27(32)17-22)20-36(29(24)28)14-6-12-34-15-16-35-13-4-3-7-23(35)19-34/h5,8-11,17,20-21,23H,3-4,6-7,12-16,18-19H2,1-2H3,(H,33,37). The number of nitrogens with zero attached hydrogens (tertiary/aromatic N) is 3. The van der Waals surface area contributed by atoms with E-state index in [9.17, 15) is 4.79 Å². The van der Waals surface area contributed by atoms with E-state index >= 15 is 0 Å².